The molecular formula is C26H22BrClN2O3. The molecule has 0 saturated heterocycles. The third-order valence-corrected chi connectivity index (χ3v) is 7.12. The van der Waals surface area contributed by atoms with Gasteiger partial charge in [-0.25, -0.2) is 0 Å². The molecule has 0 radical (unpaired) electrons. The fraction of sp³-hybridized carbons (Fsp3) is 0.192. The Hall–Kier alpha value is -2.96. The predicted molar refractivity (Wildman–Crippen MR) is 134 cm³/mol. The number of halogens is 2. The highest BCUT2D eigenvalue weighted by atomic mass is 79.9. The van der Waals surface area contributed by atoms with Crippen LogP contribution in [0, 0.1) is 5.92 Å². The summed E-state index contributed by atoms with van der Waals surface area (Å²) in [6, 6.07) is 18.8. The molecule has 5 rings (SSSR count). The van der Waals surface area contributed by atoms with Gasteiger partial charge in [0.05, 0.1) is 34.9 Å². The van der Waals surface area contributed by atoms with Crippen LogP contribution in [0.15, 0.2) is 76.9 Å². The van der Waals surface area contributed by atoms with Gasteiger partial charge in [0.15, 0.2) is 11.5 Å². The quantitative estimate of drug-likeness (QED) is 0.357. The van der Waals surface area contributed by atoms with Crippen molar-refractivity contribution in [1.82, 2.24) is 0 Å². The lowest BCUT2D eigenvalue weighted by Gasteiger charge is -2.32. The largest absolute Gasteiger partial charge is 0.503 e. The van der Waals surface area contributed by atoms with E-state index >= 15 is 0 Å². The summed E-state index contributed by atoms with van der Waals surface area (Å²) in [5.41, 5.74) is 4.56. The number of allylic oxidation sites excluding steroid dienone is 1. The standard InChI is InChI=1S/C26H22BrClN2O3/c1-33-23-13-16(10-18(27)26(23)32)25-24-21(29-19-4-2-3-5-20(19)30-25)11-15(12-22(24)31)14-6-8-17(28)9-7-14/h2-11,13,15,24-25,29-30,32H,12H2,1H3/t15-,24+,25-/m0/s1. The van der Waals surface area contributed by atoms with Gasteiger partial charge in [-0.3, -0.25) is 4.79 Å². The summed E-state index contributed by atoms with van der Waals surface area (Å²) >= 11 is 9.49. The highest BCUT2D eigenvalue weighted by molar-refractivity contribution is 9.10. The molecule has 0 fully saturated rings. The molecule has 0 saturated carbocycles. The number of aromatic hydroxyl groups is 1. The molecule has 3 aromatic rings. The van der Waals surface area contributed by atoms with Gasteiger partial charge in [0, 0.05) is 23.1 Å². The number of carbonyl (C=O) groups excluding carboxylic acids is 1. The lowest BCUT2D eigenvalue weighted by Crippen LogP contribution is -2.33. The van der Waals surface area contributed by atoms with Crippen molar-refractivity contribution in [3.63, 3.8) is 0 Å². The number of phenols is 1. The number of carbonyl (C=O) groups is 1. The number of ketones is 1. The maximum absolute atomic E-state index is 13.6. The minimum absolute atomic E-state index is 0.0296. The van der Waals surface area contributed by atoms with Crippen molar-refractivity contribution < 1.29 is 14.6 Å². The zero-order chi connectivity index (χ0) is 23.1. The molecule has 33 heavy (non-hydrogen) atoms. The molecule has 168 valence electrons. The van der Waals surface area contributed by atoms with E-state index < -0.39 is 5.92 Å². The van der Waals surface area contributed by atoms with Crippen LogP contribution in [-0.4, -0.2) is 18.0 Å². The van der Waals surface area contributed by atoms with E-state index in [9.17, 15) is 9.90 Å². The number of benzene rings is 3. The normalized spacial score (nSPS) is 21.6. The molecule has 0 aromatic heterocycles. The van der Waals surface area contributed by atoms with Gasteiger partial charge in [-0.15, -0.1) is 0 Å². The Kier molecular flexibility index (Phi) is 5.81. The van der Waals surface area contributed by atoms with E-state index in [1.165, 1.54) is 7.11 Å². The fourth-order valence-electron chi connectivity index (χ4n) is 4.63. The van der Waals surface area contributed by atoms with Gasteiger partial charge in [0.1, 0.15) is 5.78 Å². The fourth-order valence-corrected chi connectivity index (χ4v) is 5.22. The molecule has 0 spiro atoms. The predicted octanol–water partition coefficient (Wildman–Crippen LogP) is 6.65. The molecule has 7 heteroatoms. The first kappa shape index (κ1) is 21.9. The molecule has 0 unspecified atom stereocenters. The Labute approximate surface area is 205 Å². The smallest absolute Gasteiger partial charge is 0.172 e. The monoisotopic (exact) mass is 524 g/mol. The molecule has 3 N–H and O–H groups in total. The Morgan fingerprint density at radius 3 is 2.52 bits per heavy atom. The van der Waals surface area contributed by atoms with Gasteiger partial charge >= 0.3 is 0 Å². The number of anilines is 2. The van der Waals surface area contributed by atoms with Crippen molar-refractivity contribution >= 4 is 44.7 Å². The minimum Gasteiger partial charge on any atom is -0.503 e. The highest BCUT2D eigenvalue weighted by Crippen LogP contribution is 2.46. The number of nitrogens with one attached hydrogen (secondary N) is 2. The Balaban J connectivity index is 1.64. The molecule has 1 aliphatic heterocycles. The van der Waals surface area contributed by atoms with E-state index in [0.29, 0.717) is 21.7 Å². The second-order valence-electron chi connectivity index (χ2n) is 8.27. The summed E-state index contributed by atoms with van der Waals surface area (Å²) in [7, 11) is 1.51. The molecule has 2 aliphatic rings. The van der Waals surface area contributed by atoms with E-state index in [2.05, 4.69) is 32.6 Å². The highest BCUT2D eigenvalue weighted by Gasteiger charge is 2.40. The average Bonchev–Trinajstić information content (AvgIpc) is 2.98. The lowest BCUT2D eigenvalue weighted by molar-refractivity contribution is -0.122. The number of fused-ring (bicyclic) bond motifs is 2. The van der Waals surface area contributed by atoms with Gasteiger partial charge in [0.2, 0.25) is 0 Å². The maximum Gasteiger partial charge on any atom is 0.172 e. The number of methoxy groups -OCH3 is 1. The number of phenolic OH excluding ortho intramolecular Hbond substituents is 1. The van der Waals surface area contributed by atoms with Gasteiger partial charge in [-0.2, -0.15) is 0 Å². The Bertz CT molecular complexity index is 1260. The first-order valence-corrected chi connectivity index (χ1v) is 11.8. The van der Waals surface area contributed by atoms with Gasteiger partial charge in [-0.05, 0) is 63.5 Å². The van der Waals surface area contributed by atoms with Crippen molar-refractivity contribution in [2.24, 2.45) is 5.92 Å². The van der Waals surface area contributed by atoms with E-state index in [1.54, 1.807) is 6.07 Å². The summed E-state index contributed by atoms with van der Waals surface area (Å²) in [4.78, 5) is 13.6. The Morgan fingerprint density at radius 2 is 1.79 bits per heavy atom. The van der Waals surface area contributed by atoms with Crippen LogP contribution in [-0.2, 0) is 4.79 Å². The van der Waals surface area contributed by atoms with Crippen LogP contribution in [0.4, 0.5) is 11.4 Å². The van der Waals surface area contributed by atoms with E-state index in [-0.39, 0.29) is 23.5 Å². The van der Waals surface area contributed by atoms with Crippen molar-refractivity contribution in [3.05, 3.63) is 93.1 Å². The number of Topliss-reactive ketones (excluding diaryl/α,β-unsaturated/α-hetero) is 1. The third kappa shape index (κ3) is 4.09. The van der Waals surface area contributed by atoms with Crippen LogP contribution in [0.1, 0.15) is 29.5 Å². The summed E-state index contributed by atoms with van der Waals surface area (Å²) in [5, 5.41) is 18.1. The van der Waals surface area contributed by atoms with Crippen molar-refractivity contribution in [3.8, 4) is 11.5 Å². The Morgan fingerprint density at radius 1 is 1.06 bits per heavy atom. The zero-order valence-electron chi connectivity index (χ0n) is 17.8. The van der Waals surface area contributed by atoms with Crippen LogP contribution in [0.2, 0.25) is 5.02 Å². The van der Waals surface area contributed by atoms with E-state index in [1.807, 2.05) is 54.6 Å². The number of rotatable bonds is 3. The number of para-hydroxylation sites is 2. The second-order valence-corrected chi connectivity index (χ2v) is 9.57. The number of hydrogen-bond acceptors (Lipinski definition) is 5. The second kappa shape index (κ2) is 8.76. The molecule has 1 aliphatic carbocycles. The minimum atomic E-state index is -0.429. The molecule has 1 heterocycles. The summed E-state index contributed by atoms with van der Waals surface area (Å²) in [5.74, 6) is 0.0393. The van der Waals surface area contributed by atoms with E-state index in [4.69, 9.17) is 16.3 Å². The van der Waals surface area contributed by atoms with Crippen LogP contribution >= 0.6 is 27.5 Å². The van der Waals surface area contributed by atoms with Crippen LogP contribution < -0.4 is 15.4 Å². The first-order valence-electron chi connectivity index (χ1n) is 10.6. The third-order valence-electron chi connectivity index (χ3n) is 6.26. The van der Waals surface area contributed by atoms with Crippen molar-refractivity contribution in [1.29, 1.82) is 0 Å². The SMILES string of the molecule is COc1cc([C@@H]2Nc3ccccc3NC3=C[C@H](c4ccc(Cl)cc4)CC(=O)[C@@H]32)cc(Br)c1O. The van der Waals surface area contributed by atoms with Crippen molar-refractivity contribution in [2.75, 3.05) is 17.7 Å². The van der Waals surface area contributed by atoms with Crippen molar-refractivity contribution in [2.45, 2.75) is 18.4 Å². The molecule has 0 amide bonds. The average molecular weight is 526 g/mol. The number of ether oxygens (including phenoxy) is 1. The summed E-state index contributed by atoms with van der Waals surface area (Å²) < 4.78 is 5.88. The lowest BCUT2D eigenvalue weighted by atomic mass is 9.76. The molecule has 3 aromatic carbocycles. The summed E-state index contributed by atoms with van der Waals surface area (Å²) in [6.45, 7) is 0. The first-order chi connectivity index (χ1) is 15.9. The van der Waals surface area contributed by atoms with Gasteiger partial charge in [-0.1, -0.05) is 41.9 Å². The molecule has 5 nitrogen and oxygen atoms in total. The van der Waals surface area contributed by atoms with Gasteiger partial charge < -0.3 is 20.5 Å². The van der Waals surface area contributed by atoms with Gasteiger partial charge in [0.25, 0.3) is 0 Å². The van der Waals surface area contributed by atoms with Crippen LogP contribution in [0.3, 0.4) is 0 Å². The maximum atomic E-state index is 13.6. The van der Waals surface area contributed by atoms with E-state index in [0.717, 1.165) is 28.2 Å². The van der Waals surface area contributed by atoms with Crippen LogP contribution in [0.5, 0.6) is 11.5 Å². The van der Waals surface area contributed by atoms with Crippen LogP contribution in [0.25, 0.3) is 0 Å². The summed E-state index contributed by atoms with van der Waals surface area (Å²) in [6.07, 6.45) is 2.54. The molecule has 3 atom stereocenters. The topological polar surface area (TPSA) is 70.6 Å². The zero-order valence-corrected chi connectivity index (χ0v) is 20.2. The molecule has 0 bridgehead atoms. The molecular weight excluding hydrogens is 504 g/mol. The number of hydrogen-bond donors (Lipinski definition) is 3.